The van der Waals surface area contributed by atoms with Crippen molar-refractivity contribution in [1.29, 1.82) is 0 Å². The van der Waals surface area contributed by atoms with Crippen molar-refractivity contribution in [2.45, 2.75) is 13.0 Å². The molecule has 0 aliphatic heterocycles. The second kappa shape index (κ2) is 7.99. The average molecular weight is 236 g/mol. The van der Waals surface area contributed by atoms with Gasteiger partial charge < -0.3 is 10.6 Å². The van der Waals surface area contributed by atoms with Crippen LogP contribution in [0.2, 0.25) is 0 Å². The van der Waals surface area contributed by atoms with E-state index in [1.807, 2.05) is 6.26 Å². The van der Waals surface area contributed by atoms with Crippen LogP contribution in [0.15, 0.2) is 0 Å². The van der Waals surface area contributed by atoms with Gasteiger partial charge in [-0.15, -0.1) is 0 Å². The lowest BCUT2D eigenvalue weighted by atomic mass is 10.3. The van der Waals surface area contributed by atoms with Crippen LogP contribution in [-0.4, -0.2) is 42.2 Å². The van der Waals surface area contributed by atoms with Gasteiger partial charge in [-0.1, -0.05) is 0 Å². The lowest BCUT2D eigenvalue weighted by Crippen LogP contribution is -2.47. The number of hydrogen-bond acceptors (Lipinski definition) is 4. The summed E-state index contributed by atoms with van der Waals surface area (Å²) in [6, 6.07) is -0.530. The van der Waals surface area contributed by atoms with E-state index in [0.717, 1.165) is 5.75 Å². The van der Waals surface area contributed by atoms with Crippen molar-refractivity contribution in [3.05, 3.63) is 0 Å². The number of thioether (sulfide) groups is 1. The first-order chi connectivity index (χ1) is 6.61. The minimum atomic E-state index is -0.530. The van der Waals surface area contributed by atoms with E-state index in [2.05, 4.69) is 23.3 Å². The molecule has 2 amide bonds. The molecule has 0 rings (SSSR count). The van der Waals surface area contributed by atoms with E-state index in [0.29, 0.717) is 12.3 Å². The van der Waals surface area contributed by atoms with Crippen LogP contribution >= 0.6 is 24.4 Å². The third-order valence-electron chi connectivity index (χ3n) is 1.48. The van der Waals surface area contributed by atoms with Crippen LogP contribution in [0, 0.1) is 0 Å². The molecule has 6 heteroatoms. The van der Waals surface area contributed by atoms with E-state index >= 15 is 0 Å². The SMILES string of the molecule is CSCCNC(=O)C(CS)NC(C)=O. The Morgan fingerprint density at radius 1 is 1.50 bits per heavy atom. The van der Waals surface area contributed by atoms with Crippen LogP contribution < -0.4 is 10.6 Å². The van der Waals surface area contributed by atoms with Gasteiger partial charge in [0, 0.05) is 25.0 Å². The Bertz CT molecular complexity index is 200. The van der Waals surface area contributed by atoms with Crippen LogP contribution in [0.1, 0.15) is 6.92 Å². The molecule has 0 saturated carbocycles. The number of hydrogen-bond donors (Lipinski definition) is 3. The average Bonchev–Trinajstić information content (AvgIpc) is 2.14. The first-order valence-electron chi connectivity index (χ1n) is 4.26. The van der Waals surface area contributed by atoms with Crippen molar-refractivity contribution in [2.75, 3.05) is 24.3 Å². The van der Waals surface area contributed by atoms with E-state index in [-0.39, 0.29) is 11.8 Å². The van der Waals surface area contributed by atoms with Gasteiger partial charge in [0.05, 0.1) is 0 Å². The predicted molar refractivity (Wildman–Crippen MR) is 62.8 cm³/mol. The monoisotopic (exact) mass is 236 g/mol. The Labute approximate surface area is 94.0 Å². The smallest absolute Gasteiger partial charge is 0.243 e. The fourth-order valence-electron chi connectivity index (χ4n) is 0.839. The summed E-state index contributed by atoms with van der Waals surface area (Å²) >= 11 is 5.65. The second-order valence-electron chi connectivity index (χ2n) is 2.72. The van der Waals surface area contributed by atoms with Gasteiger partial charge in [-0.05, 0) is 6.26 Å². The van der Waals surface area contributed by atoms with Crippen molar-refractivity contribution in [1.82, 2.24) is 10.6 Å². The number of carbonyl (C=O) groups is 2. The standard InChI is InChI=1S/C8H16N2O2S2/c1-6(11)10-7(5-13)8(12)9-3-4-14-2/h7,13H,3-5H2,1-2H3,(H,9,12)(H,10,11). The normalized spacial score (nSPS) is 11.9. The van der Waals surface area contributed by atoms with Gasteiger partial charge in [-0.3, -0.25) is 9.59 Å². The maximum atomic E-state index is 11.4. The maximum absolute atomic E-state index is 11.4. The van der Waals surface area contributed by atoms with Gasteiger partial charge in [0.1, 0.15) is 6.04 Å². The summed E-state index contributed by atoms with van der Waals surface area (Å²) in [5.41, 5.74) is 0. The molecule has 0 aliphatic carbocycles. The topological polar surface area (TPSA) is 58.2 Å². The molecule has 4 nitrogen and oxygen atoms in total. The fourth-order valence-corrected chi connectivity index (χ4v) is 1.40. The second-order valence-corrected chi connectivity index (χ2v) is 4.07. The molecule has 0 aromatic rings. The zero-order valence-electron chi connectivity index (χ0n) is 8.37. The Kier molecular flexibility index (Phi) is 7.78. The molecular weight excluding hydrogens is 220 g/mol. The number of rotatable bonds is 6. The molecule has 0 aliphatic rings. The molecule has 0 radical (unpaired) electrons. The highest BCUT2D eigenvalue weighted by Gasteiger charge is 2.16. The maximum Gasteiger partial charge on any atom is 0.243 e. The number of nitrogens with one attached hydrogen (secondary N) is 2. The molecule has 0 bridgehead atoms. The predicted octanol–water partition coefficient (Wildman–Crippen LogP) is -0.0999. The minimum Gasteiger partial charge on any atom is -0.353 e. The van der Waals surface area contributed by atoms with Gasteiger partial charge in [-0.2, -0.15) is 24.4 Å². The largest absolute Gasteiger partial charge is 0.353 e. The summed E-state index contributed by atoms with van der Waals surface area (Å²) in [5.74, 6) is 0.781. The number of amides is 2. The fraction of sp³-hybridized carbons (Fsp3) is 0.750. The van der Waals surface area contributed by atoms with Crippen LogP contribution in [0.4, 0.5) is 0 Å². The molecule has 2 N–H and O–H groups in total. The molecule has 0 aromatic heterocycles. The molecule has 1 unspecified atom stereocenters. The zero-order valence-corrected chi connectivity index (χ0v) is 10.1. The highest BCUT2D eigenvalue weighted by Crippen LogP contribution is 1.91. The molecule has 0 spiro atoms. The molecule has 1 atom stereocenters. The van der Waals surface area contributed by atoms with Crippen LogP contribution in [0.5, 0.6) is 0 Å². The van der Waals surface area contributed by atoms with Crippen molar-refractivity contribution >= 4 is 36.2 Å². The van der Waals surface area contributed by atoms with Crippen molar-refractivity contribution < 1.29 is 9.59 Å². The van der Waals surface area contributed by atoms with Crippen LogP contribution in [0.25, 0.3) is 0 Å². The summed E-state index contributed by atoms with van der Waals surface area (Å²) in [4.78, 5) is 22.1. The third kappa shape index (κ3) is 6.15. The molecule has 0 aromatic carbocycles. The van der Waals surface area contributed by atoms with Gasteiger partial charge in [0.25, 0.3) is 0 Å². The van der Waals surface area contributed by atoms with Crippen molar-refractivity contribution in [3.63, 3.8) is 0 Å². The molecule has 0 heterocycles. The van der Waals surface area contributed by atoms with Gasteiger partial charge in [0.2, 0.25) is 11.8 Å². The molecule has 82 valence electrons. The van der Waals surface area contributed by atoms with E-state index in [1.165, 1.54) is 6.92 Å². The van der Waals surface area contributed by atoms with Gasteiger partial charge in [-0.25, -0.2) is 0 Å². The number of thiol groups is 1. The van der Waals surface area contributed by atoms with E-state index < -0.39 is 6.04 Å². The van der Waals surface area contributed by atoms with Crippen LogP contribution in [0.3, 0.4) is 0 Å². The third-order valence-corrected chi connectivity index (χ3v) is 2.46. The van der Waals surface area contributed by atoms with E-state index in [4.69, 9.17) is 0 Å². The minimum absolute atomic E-state index is 0.177. The summed E-state index contributed by atoms with van der Waals surface area (Å²) in [6.45, 7) is 2.00. The lowest BCUT2D eigenvalue weighted by Gasteiger charge is -2.14. The summed E-state index contributed by atoms with van der Waals surface area (Å²) in [7, 11) is 0. The summed E-state index contributed by atoms with van der Waals surface area (Å²) in [5, 5.41) is 5.24. The molecule has 14 heavy (non-hydrogen) atoms. The Hall–Kier alpha value is -0.360. The van der Waals surface area contributed by atoms with Crippen molar-refractivity contribution in [2.24, 2.45) is 0 Å². The van der Waals surface area contributed by atoms with E-state index in [1.54, 1.807) is 11.8 Å². The zero-order chi connectivity index (χ0) is 11.0. The molecular formula is C8H16N2O2S2. The summed E-state index contributed by atoms with van der Waals surface area (Å²) < 4.78 is 0. The Morgan fingerprint density at radius 2 is 2.14 bits per heavy atom. The Morgan fingerprint density at radius 3 is 2.57 bits per heavy atom. The van der Waals surface area contributed by atoms with Gasteiger partial charge >= 0.3 is 0 Å². The first kappa shape index (κ1) is 13.6. The summed E-state index contributed by atoms with van der Waals surface area (Å²) in [6.07, 6.45) is 1.97. The highest BCUT2D eigenvalue weighted by atomic mass is 32.2. The molecule has 0 fully saturated rings. The van der Waals surface area contributed by atoms with Gasteiger partial charge in [0.15, 0.2) is 0 Å². The number of carbonyl (C=O) groups excluding carboxylic acids is 2. The van der Waals surface area contributed by atoms with Crippen molar-refractivity contribution in [3.8, 4) is 0 Å². The quantitative estimate of drug-likeness (QED) is 0.446. The van der Waals surface area contributed by atoms with Crippen LogP contribution in [-0.2, 0) is 9.59 Å². The first-order valence-corrected chi connectivity index (χ1v) is 6.29. The molecule has 0 saturated heterocycles. The van der Waals surface area contributed by atoms with E-state index in [9.17, 15) is 9.59 Å². The Balaban J connectivity index is 3.85. The lowest BCUT2D eigenvalue weighted by molar-refractivity contribution is -0.127. The highest BCUT2D eigenvalue weighted by molar-refractivity contribution is 7.98.